The number of hydrogen-bond donors (Lipinski definition) is 1. The van der Waals surface area contributed by atoms with E-state index in [2.05, 4.69) is 41.7 Å². The molecule has 2 nitrogen and oxygen atoms in total. The Morgan fingerprint density at radius 2 is 2.15 bits per heavy atom. The third-order valence-electron chi connectivity index (χ3n) is 3.27. The normalized spacial score (nSPS) is 12.6. The van der Waals surface area contributed by atoms with Crippen molar-refractivity contribution in [2.45, 2.75) is 39.7 Å². The molecule has 0 spiro atoms. The Balaban J connectivity index is 2.18. The van der Waals surface area contributed by atoms with Gasteiger partial charge in [-0.2, -0.15) is 0 Å². The molecule has 0 saturated heterocycles. The zero-order chi connectivity index (χ0) is 14.5. The zero-order valence-corrected chi connectivity index (χ0v) is 13.8. The molecule has 108 valence electrons. The minimum atomic E-state index is 0.236. The smallest absolute Gasteiger partial charge is 0.0898 e. The first kappa shape index (κ1) is 15.5. The van der Waals surface area contributed by atoms with Crippen molar-refractivity contribution in [3.8, 4) is 0 Å². The van der Waals surface area contributed by atoms with Crippen LogP contribution in [0.1, 0.15) is 41.2 Å². The third kappa shape index (κ3) is 4.05. The number of hydrogen-bond acceptors (Lipinski definition) is 3. The van der Waals surface area contributed by atoms with Crippen LogP contribution in [0.15, 0.2) is 23.6 Å². The van der Waals surface area contributed by atoms with E-state index in [0.29, 0.717) is 0 Å². The maximum Gasteiger partial charge on any atom is 0.0898 e. The van der Waals surface area contributed by atoms with Gasteiger partial charge in [0.1, 0.15) is 0 Å². The van der Waals surface area contributed by atoms with Crippen LogP contribution in [-0.2, 0) is 6.42 Å². The predicted molar refractivity (Wildman–Crippen MR) is 87.8 cm³/mol. The summed E-state index contributed by atoms with van der Waals surface area (Å²) in [6, 6.07) is 6.50. The van der Waals surface area contributed by atoms with Crippen LogP contribution >= 0.6 is 22.9 Å². The molecule has 1 aromatic carbocycles. The van der Waals surface area contributed by atoms with E-state index >= 15 is 0 Å². The van der Waals surface area contributed by atoms with Gasteiger partial charge in [-0.3, -0.25) is 0 Å². The van der Waals surface area contributed by atoms with Crippen molar-refractivity contribution in [2.75, 3.05) is 6.54 Å². The summed E-state index contributed by atoms with van der Waals surface area (Å²) in [5, 5.41) is 7.68. The number of halogens is 1. The molecule has 0 aliphatic rings. The molecule has 0 radical (unpaired) electrons. The monoisotopic (exact) mass is 308 g/mol. The van der Waals surface area contributed by atoms with Crippen LogP contribution in [-0.4, -0.2) is 11.5 Å². The van der Waals surface area contributed by atoms with Crippen molar-refractivity contribution in [2.24, 2.45) is 0 Å². The van der Waals surface area contributed by atoms with E-state index in [4.69, 9.17) is 11.6 Å². The first-order valence-corrected chi connectivity index (χ1v) is 8.26. The standard InChI is InChI=1S/C16H21ClN2S/c1-4-7-18-15(16-10-20-12(3)19-16)9-13-6-5-11(2)8-14(13)17/h5-6,8,10,15,18H,4,7,9H2,1-3H3. The first-order chi connectivity index (χ1) is 9.60. The highest BCUT2D eigenvalue weighted by Crippen LogP contribution is 2.25. The van der Waals surface area contributed by atoms with Crippen LogP contribution < -0.4 is 5.32 Å². The molecule has 2 rings (SSSR count). The second kappa shape index (κ2) is 7.21. The molecule has 0 aliphatic heterocycles. The van der Waals surface area contributed by atoms with Crippen LogP contribution in [0.5, 0.6) is 0 Å². The molecule has 20 heavy (non-hydrogen) atoms. The van der Waals surface area contributed by atoms with Gasteiger partial charge in [-0.05, 0) is 50.4 Å². The number of aryl methyl sites for hydroxylation is 2. The summed E-state index contributed by atoms with van der Waals surface area (Å²) >= 11 is 8.05. The Kier molecular flexibility index (Phi) is 5.58. The molecule has 4 heteroatoms. The van der Waals surface area contributed by atoms with Gasteiger partial charge >= 0.3 is 0 Å². The minimum absolute atomic E-state index is 0.236. The van der Waals surface area contributed by atoms with Crippen LogP contribution in [0.3, 0.4) is 0 Å². The van der Waals surface area contributed by atoms with Gasteiger partial charge in [0.05, 0.1) is 16.7 Å². The molecule has 1 unspecified atom stereocenters. The second-order valence-electron chi connectivity index (χ2n) is 5.10. The van der Waals surface area contributed by atoms with Gasteiger partial charge in [-0.25, -0.2) is 4.98 Å². The van der Waals surface area contributed by atoms with Gasteiger partial charge in [0, 0.05) is 10.4 Å². The average Bonchev–Trinajstić information content (AvgIpc) is 2.83. The van der Waals surface area contributed by atoms with Gasteiger partial charge in [0.15, 0.2) is 0 Å². The molecular formula is C16H21ClN2S. The van der Waals surface area contributed by atoms with E-state index in [1.165, 1.54) is 11.1 Å². The SMILES string of the molecule is CCCNC(Cc1ccc(C)cc1Cl)c1csc(C)n1. The highest BCUT2D eigenvalue weighted by atomic mass is 35.5. The van der Waals surface area contributed by atoms with Crippen molar-refractivity contribution >= 4 is 22.9 Å². The number of nitrogens with one attached hydrogen (secondary N) is 1. The summed E-state index contributed by atoms with van der Waals surface area (Å²) < 4.78 is 0. The quantitative estimate of drug-likeness (QED) is 0.837. The fraction of sp³-hybridized carbons (Fsp3) is 0.438. The lowest BCUT2D eigenvalue weighted by Crippen LogP contribution is -2.24. The molecule has 0 amide bonds. The maximum atomic E-state index is 6.35. The van der Waals surface area contributed by atoms with E-state index in [9.17, 15) is 0 Å². The molecule has 1 N–H and O–H groups in total. The fourth-order valence-corrected chi connectivity index (χ4v) is 3.16. The van der Waals surface area contributed by atoms with Crippen LogP contribution in [0.25, 0.3) is 0 Å². The Labute approximate surface area is 130 Å². The predicted octanol–water partition coefficient (Wildman–Crippen LogP) is 4.70. The van der Waals surface area contributed by atoms with Crippen molar-refractivity contribution in [3.05, 3.63) is 50.4 Å². The van der Waals surface area contributed by atoms with E-state index < -0.39 is 0 Å². The first-order valence-electron chi connectivity index (χ1n) is 7.00. The molecule has 1 atom stereocenters. The zero-order valence-electron chi connectivity index (χ0n) is 12.2. The summed E-state index contributed by atoms with van der Waals surface area (Å²) in [6.45, 7) is 7.27. The Morgan fingerprint density at radius 3 is 2.75 bits per heavy atom. The minimum Gasteiger partial charge on any atom is -0.308 e. The van der Waals surface area contributed by atoms with Crippen molar-refractivity contribution in [1.82, 2.24) is 10.3 Å². The lowest BCUT2D eigenvalue weighted by Gasteiger charge is -2.17. The van der Waals surface area contributed by atoms with Gasteiger partial charge in [-0.15, -0.1) is 11.3 Å². The Hall–Kier alpha value is -0.900. The van der Waals surface area contributed by atoms with Crippen molar-refractivity contribution in [3.63, 3.8) is 0 Å². The van der Waals surface area contributed by atoms with E-state index in [1.54, 1.807) is 11.3 Å². The number of rotatable bonds is 6. The molecule has 0 aliphatic carbocycles. The van der Waals surface area contributed by atoms with E-state index in [0.717, 1.165) is 35.1 Å². The second-order valence-corrected chi connectivity index (χ2v) is 6.57. The molecule has 1 heterocycles. The number of aromatic nitrogens is 1. The van der Waals surface area contributed by atoms with Crippen LogP contribution in [0.2, 0.25) is 5.02 Å². The number of thiazole rings is 1. The fourth-order valence-electron chi connectivity index (χ4n) is 2.18. The largest absolute Gasteiger partial charge is 0.308 e. The Morgan fingerprint density at radius 1 is 1.35 bits per heavy atom. The number of nitrogens with zero attached hydrogens (tertiary/aromatic N) is 1. The molecule has 0 bridgehead atoms. The summed E-state index contributed by atoms with van der Waals surface area (Å²) in [4.78, 5) is 4.62. The highest BCUT2D eigenvalue weighted by molar-refractivity contribution is 7.09. The summed E-state index contributed by atoms with van der Waals surface area (Å²) in [6.07, 6.45) is 1.99. The van der Waals surface area contributed by atoms with Crippen LogP contribution in [0.4, 0.5) is 0 Å². The van der Waals surface area contributed by atoms with Crippen LogP contribution in [0, 0.1) is 13.8 Å². The lowest BCUT2D eigenvalue weighted by atomic mass is 10.0. The molecule has 1 aromatic heterocycles. The van der Waals surface area contributed by atoms with Gasteiger partial charge < -0.3 is 5.32 Å². The Bertz CT molecular complexity index is 565. The maximum absolute atomic E-state index is 6.35. The van der Waals surface area contributed by atoms with Crippen molar-refractivity contribution in [1.29, 1.82) is 0 Å². The average molecular weight is 309 g/mol. The van der Waals surface area contributed by atoms with Crippen molar-refractivity contribution < 1.29 is 0 Å². The third-order valence-corrected chi connectivity index (χ3v) is 4.41. The topological polar surface area (TPSA) is 24.9 Å². The molecule has 0 fully saturated rings. The molecular weight excluding hydrogens is 288 g/mol. The van der Waals surface area contributed by atoms with Gasteiger partial charge in [0.25, 0.3) is 0 Å². The highest BCUT2D eigenvalue weighted by Gasteiger charge is 2.16. The summed E-state index contributed by atoms with van der Waals surface area (Å²) in [5.41, 5.74) is 3.50. The molecule has 2 aromatic rings. The lowest BCUT2D eigenvalue weighted by molar-refractivity contribution is 0.519. The van der Waals surface area contributed by atoms with E-state index in [1.807, 2.05) is 13.0 Å². The summed E-state index contributed by atoms with van der Waals surface area (Å²) in [7, 11) is 0. The summed E-state index contributed by atoms with van der Waals surface area (Å²) in [5.74, 6) is 0. The van der Waals surface area contributed by atoms with Gasteiger partial charge in [0.2, 0.25) is 0 Å². The number of benzene rings is 1. The van der Waals surface area contributed by atoms with Gasteiger partial charge in [-0.1, -0.05) is 30.7 Å². The molecule has 0 saturated carbocycles. The van der Waals surface area contributed by atoms with E-state index in [-0.39, 0.29) is 6.04 Å².